The van der Waals surface area contributed by atoms with E-state index in [1.165, 1.54) is 5.56 Å². The molecule has 2 atom stereocenters. The third-order valence-corrected chi connectivity index (χ3v) is 4.91. The van der Waals surface area contributed by atoms with Crippen LogP contribution in [0.15, 0.2) is 60.1 Å². The average Bonchev–Trinajstić information content (AvgIpc) is 3.39. The Labute approximate surface area is 172 Å². The van der Waals surface area contributed by atoms with Gasteiger partial charge in [0.2, 0.25) is 0 Å². The van der Waals surface area contributed by atoms with Crippen molar-refractivity contribution in [2.24, 2.45) is 12.0 Å². The molecule has 0 fully saturated rings. The second-order valence-electron chi connectivity index (χ2n) is 7.29. The Kier molecular flexibility index (Phi) is 6.66. The SMILES string of the molecule is CN=C(NCC(c1cnn(C)c1)N(C)C)NC(C)c1cccc(-n2cccn2)c1. The molecule has 0 aliphatic carbocycles. The number of aryl methyl sites for hydroxylation is 1. The molecular formula is C21H30N8. The summed E-state index contributed by atoms with van der Waals surface area (Å²) in [5.41, 5.74) is 3.37. The van der Waals surface area contributed by atoms with Crippen molar-refractivity contribution in [1.82, 2.24) is 35.1 Å². The van der Waals surface area contributed by atoms with Gasteiger partial charge < -0.3 is 15.5 Å². The highest BCUT2D eigenvalue weighted by atomic mass is 15.3. The number of benzene rings is 1. The van der Waals surface area contributed by atoms with Crippen molar-refractivity contribution in [2.75, 3.05) is 27.7 Å². The Morgan fingerprint density at radius 3 is 2.66 bits per heavy atom. The van der Waals surface area contributed by atoms with Gasteiger partial charge in [-0.2, -0.15) is 10.2 Å². The third kappa shape index (κ3) is 5.23. The Hall–Kier alpha value is -3.13. The van der Waals surface area contributed by atoms with E-state index in [1.807, 2.05) is 53.2 Å². The zero-order valence-corrected chi connectivity index (χ0v) is 17.7. The molecule has 3 aromatic rings. The van der Waals surface area contributed by atoms with Gasteiger partial charge in [-0.1, -0.05) is 12.1 Å². The van der Waals surface area contributed by atoms with E-state index in [1.54, 1.807) is 13.2 Å². The van der Waals surface area contributed by atoms with E-state index in [4.69, 9.17) is 0 Å². The highest BCUT2D eigenvalue weighted by Crippen LogP contribution is 2.18. The Balaban J connectivity index is 1.64. The molecule has 0 spiro atoms. The molecule has 29 heavy (non-hydrogen) atoms. The van der Waals surface area contributed by atoms with Gasteiger partial charge in [0.25, 0.3) is 0 Å². The van der Waals surface area contributed by atoms with E-state index in [-0.39, 0.29) is 12.1 Å². The number of likely N-dealkylation sites (N-methyl/N-ethyl adjacent to an activating group) is 1. The van der Waals surface area contributed by atoms with Gasteiger partial charge in [-0.05, 0) is 44.8 Å². The van der Waals surface area contributed by atoms with E-state index in [0.29, 0.717) is 0 Å². The predicted molar refractivity (Wildman–Crippen MR) is 116 cm³/mol. The second-order valence-corrected chi connectivity index (χ2v) is 7.29. The van der Waals surface area contributed by atoms with Gasteiger partial charge in [-0.15, -0.1) is 0 Å². The molecule has 0 saturated carbocycles. The number of rotatable bonds is 7. The molecule has 0 saturated heterocycles. The normalized spacial score (nSPS) is 14.1. The van der Waals surface area contributed by atoms with Gasteiger partial charge >= 0.3 is 0 Å². The highest BCUT2D eigenvalue weighted by Gasteiger charge is 2.17. The summed E-state index contributed by atoms with van der Waals surface area (Å²) in [6.07, 6.45) is 7.68. The van der Waals surface area contributed by atoms with Gasteiger partial charge in [0, 0.05) is 44.8 Å². The largest absolute Gasteiger partial charge is 0.354 e. The number of nitrogens with zero attached hydrogens (tertiary/aromatic N) is 6. The minimum absolute atomic E-state index is 0.0907. The number of hydrogen-bond acceptors (Lipinski definition) is 4. The maximum atomic E-state index is 4.39. The molecule has 0 aliphatic heterocycles. The van der Waals surface area contributed by atoms with Gasteiger partial charge in [0.15, 0.2) is 5.96 Å². The van der Waals surface area contributed by atoms with Crippen LogP contribution in [0.4, 0.5) is 0 Å². The first kappa shape index (κ1) is 20.6. The Morgan fingerprint density at radius 1 is 1.21 bits per heavy atom. The summed E-state index contributed by atoms with van der Waals surface area (Å²) in [4.78, 5) is 6.57. The van der Waals surface area contributed by atoms with Crippen LogP contribution in [0, 0.1) is 0 Å². The molecule has 0 radical (unpaired) electrons. The molecule has 2 aromatic heterocycles. The number of nitrogens with one attached hydrogen (secondary N) is 2. The van der Waals surface area contributed by atoms with Crippen LogP contribution >= 0.6 is 0 Å². The first-order valence-electron chi connectivity index (χ1n) is 9.70. The molecular weight excluding hydrogens is 364 g/mol. The number of guanidine groups is 1. The van der Waals surface area contributed by atoms with Crippen LogP contribution in [-0.4, -0.2) is 58.1 Å². The van der Waals surface area contributed by atoms with Crippen LogP contribution in [0.1, 0.15) is 30.1 Å². The Bertz CT molecular complexity index is 926. The topological polar surface area (TPSA) is 75.3 Å². The average molecular weight is 395 g/mol. The van der Waals surface area contributed by atoms with E-state index in [9.17, 15) is 0 Å². The molecule has 2 heterocycles. The van der Waals surface area contributed by atoms with E-state index in [0.717, 1.165) is 23.8 Å². The fourth-order valence-corrected chi connectivity index (χ4v) is 3.25. The molecule has 8 nitrogen and oxygen atoms in total. The van der Waals surface area contributed by atoms with Crippen molar-refractivity contribution in [3.63, 3.8) is 0 Å². The number of aromatic nitrogens is 4. The highest BCUT2D eigenvalue weighted by molar-refractivity contribution is 5.80. The first-order chi connectivity index (χ1) is 14.0. The van der Waals surface area contributed by atoms with E-state index < -0.39 is 0 Å². The maximum Gasteiger partial charge on any atom is 0.191 e. The van der Waals surface area contributed by atoms with Crippen LogP contribution < -0.4 is 10.6 Å². The second kappa shape index (κ2) is 9.38. The van der Waals surface area contributed by atoms with Crippen LogP contribution in [0.3, 0.4) is 0 Å². The molecule has 0 bridgehead atoms. The van der Waals surface area contributed by atoms with Gasteiger partial charge in [-0.25, -0.2) is 4.68 Å². The summed E-state index contributed by atoms with van der Waals surface area (Å²) in [6.45, 7) is 2.85. The fourth-order valence-electron chi connectivity index (χ4n) is 3.25. The van der Waals surface area contributed by atoms with Crippen LogP contribution in [0.2, 0.25) is 0 Å². The van der Waals surface area contributed by atoms with E-state index >= 15 is 0 Å². The summed E-state index contributed by atoms with van der Waals surface area (Å²) in [7, 11) is 7.86. The summed E-state index contributed by atoms with van der Waals surface area (Å²) in [6, 6.07) is 10.5. The molecule has 2 unspecified atom stereocenters. The zero-order chi connectivity index (χ0) is 20.8. The van der Waals surface area contributed by atoms with Crippen molar-refractivity contribution >= 4 is 5.96 Å². The minimum Gasteiger partial charge on any atom is -0.354 e. The van der Waals surface area contributed by atoms with Crippen LogP contribution in [0.25, 0.3) is 5.69 Å². The summed E-state index contributed by atoms with van der Waals surface area (Å²) < 4.78 is 3.69. The molecule has 1 aromatic carbocycles. The van der Waals surface area contributed by atoms with Crippen molar-refractivity contribution in [3.8, 4) is 5.69 Å². The molecule has 0 aliphatic rings. The molecule has 0 amide bonds. The molecule has 154 valence electrons. The Morgan fingerprint density at radius 2 is 2.03 bits per heavy atom. The molecule has 8 heteroatoms. The summed E-state index contributed by atoms with van der Waals surface area (Å²) in [5.74, 6) is 0.762. The minimum atomic E-state index is 0.0907. The predicted octanol–water partition coefficient (Wildman–Crippen LogP) is 2.13. The maximum absolute atomic E-state index is 4.39. The monoisotopic (exact) mass is 394 g/mol. The van der Waals surface area contributed by atoms with Crippen molar-refractivity contribution in [1.29, 1.82) is 0 Å². The summed E-state index contributed by atoms with van der Waals surface area (Å²) in [5, 5.41) is 15.5. The van der Waals surface area contributed by atoms with Crippen LogP contribution in [0.5, 0.6) is 0 Å². The van der Waals surface area contributed by atoms with Gasteiger partial charge in [0.05, 0.1) is 24.0 Å². The smallest absolute Gasteiger partial charge is 0.191 e. The summed E-state index contributed by atoms with van der Waals surface area (Å²) >= 11 is 0. The molecule has 2 N–H and O–H groups in total. The lowest BCUT2D eigenvalue weighted by Gasteiger charge is -2.25. The standard InChI is InChI=1S/C21H30N8/c1-16(17-8-6-9-19(12-17)29-11-7-10-24-29)26-21(22-2)23-14-20(27(3)4)18-13-25-28(5)15-18/h6-13,15-16,20H,14H2,1-5H3,(H2,22,23,26). The fraction of sp³-hybridized carbons (Fsp3) is 0.381. The van der Waals surface area contributed by atoms with E-state index in [2.05, 4.69) is 63.9 Å². The van der Waals surface area contributed by atoms with Crippen LogP contribution in [-0.2, 0) is 7.05 Å². The van der Waals surface area contributed by atoms with Gasteiger partial charge in [0.1, 0.15) is 0 Å². The van der Waals surface area contributed by atoms with Crippen molar-refractivity contribution in [2.45, 2.75) is 19.0 Å². The van der Waals surface area contributed by atoms with Crippen molar-refractivity contribution < 1.29 is 0 Å². The van der Waals surface area contributed by atoms with Crippen molar-refractivity contribution in [3.05, 3.63) is 66.2 Å². The first-order valence-corrected chi connectivity index (χ1v) is 9.70. The lowest BCUT2D eigenvalue weighted by Crippen LogP contribution is -2.42. The lowest BCUT2D eigenvalue weighted by molar-refractivity contribution is 0.298. The molecule has 3 rings (SSSR count). The van der Waals surface area contributed by atoms with Gasteiger partial charge in [-0.3, -0.25) is 9.67 Å². The number of hydrogen-bond donors (Lipinski definition) is 2. The quantitative estimate of drug-likeness (QED) is 0.474. The third-order valence-electron chi connectivity index (χ3n) is 4.91. The number of aliphatic imine (C=N–C) groups is 1. The lowest BCUT2D eigenvalue weighted by atomic mass is 10.1. The zero-order valence-electron chi connectivity index (χ0n) is 17.7.